The molecule has 8 rings (SSSR count). The van der Waals surface area contributed by atoms with Gasteiger partial charge in [-0.15, -0.1) is 0 Å². The first-order chi connectivity index (χ1) is 21.2. The molecular weight excluding hydrogens is 565 g/mol. The van der Waals surface area contributed by atoms with E-state index in [-0.39, 0.29) is 11.8 Å². The minimum absolute atomic E-state index is 0.0436. The van der Waals surface area contributed by atoms with E-state index >= 15 is 0 Å². The Bertz CT molecular complexity index is 1470. The van der Waals surface area contributed by atoms with Crippen LogP contribution in [0.1, 0.15) is 48.8 Å². The van der Waals surface area contributed by atoms with Crippen molar-refractivity contribution >= 4 is 28.8 Å². The summed E-state index contributed by atoms with van der Waals surface area (Å²) >= 11 is 0. The third kappa shape index (κ3) is 5.57. The van der Waals surface area contributed by atoms with Crippen molar-refractivity contribution in [2.75, 3.05) is 48.8 Å². The number of rotatable bonds is 7. The average Bonchev–Trinajstić information content (AvgIpc) is 2.99. The van der Waals surface area contributed by atoms with Gasteiger partial charge in [-0.2, -0.15) is 18.2 Å². The summed E-state index contributed by atoms with van der Waals surface area (Å²) in [5, 5.41) is 6.00. The average molecular weight is 607 g/mol. The molecule has 1 aromatic heterocycles. The molecule has 3 aromatic rings. The number of halogens is 3. The van der Waals surface area contributed by atoms with Crippen molar-refractivity contribution in [3.05, 3.63) is 59.3 Å². The number of hydrogen-bond donors (Lipinski definition) is 2. The molecular formula is C34H41F3N6O. The van der Waals surface area contributed by atoms with Crippen LogP contribution in [0, 0.1) is 37.5 Å². The van der Waals surface area contributed by atoms with Crippen LogP contribution in [0.25, 0.3) is 0 Å². The minimum atomic E-state index is -4.61. The first-order valence-corrected chi connectivity index (χ1v) is 15.9. The number of alkyl halides is 3. The number of aryl methyl sites for hydroxylation is 2. The van der Waals surface area contributed by atoms with Crippen molar-refractivity contribution in [1.29, 1.82) is 0 Å². The van der Waals surface area contributed by atoms with Crippen molar-refractivity contribution in [2.45, 2.75) is 58.2 Å². The van der Waals surface area contributed by atoms with Crippen LogP contribution in [0.2, 0.25) is 0 Å². The van der Waals surface area contributed by atoms with E-state index in [9.17, 15) is 13.2 Å². The van der Waals surface area contributed by atoms with E-state index in [1.165, 1.54) is 32.1 Å². The third-order valence-corrected chi connectivity index (χ3v) is 10.5. The van der Waals surface area contributed by atoms with Crippen molar-refractivity contribution in [1.82, 2.24) is 14.9 Å². The summed E-state index contributed by atoms with van der Waals surface area (Å²) in [7, 11) is 1.59. The highest BCUT2D eigenvalue weighted by atomic mass is 19.4. The van der Waals surface area contributed by atoms with Gasteiger partial charge < -0.3 is 20.3 Å². The van der Waals surface area contributed by atoms with Crippen LogP contribution in [0.4, 0.5) is 42.0 Å². The standard InChI is InChI=1S/C34H41F3N6O/c1-20-5-4-6-21(2)30(20)40-32-27(34(35,36)37)19-38-33(41-32)39-28-8-7-26(18-29(28)44-3)42-9-11-43(12-10-42)31-24-14-22-13-23(16-24)17-25(31)15-22/h4-8,18-19,22-25,31H,9-17H2,1-3H3,(H2,38,39,40,41). The topological polar surface area (TPSA) is 65.6 Å². The van der Waals surface area contributed by atoms with Crippen LogP contribution in [0.15, 0.2) is 42.6 Å². The number of methoxy groups -OCH3 is 1. The van der Waals surface area contributed by atoms with E-state index in [0.29, 0.717) is 17.1 Å². The lowest BCUT2D eigenvalue weighted by molar-refractivity contribution is -0.137. The summed E-state index contributed by atoms with van der Waals surface area (Å²) in [5.41, 5.74) is 2.96. The van der Waals surface area contributed by atoms with Crippen LogP contribution in [-0.2, 0) is 6.18 Å². The second kappa shape index (κ2) is 11.4. The van der Waals surface area contributed by atoms with Crippen LogP contribution < -0.4 is 20.3 Å². The second-order valence-corrected chi connectivity index (χ2v) is 13.3. The quantitative estimate of drug-likeness (QED) is 0.288. The maximum Gasteiger partial charge on any atom is 0.421 e. The van der Waals surface area contributed by atoms with Gasteiger partial charge in [0, 0.05) is 55.9 Å². The molecule has 4 saturated carbocycles. The lowest BCUT2D eigenvalue weighted by Crippen LogP contribution is -2.60. The molecule has 5 fully saturated rings. The molecule has 1 saturated heterocycles. The van der Waals surface area contributed by atoms with Crippen LogP contribution >= 0.6 is 0 Å². The van der Waals surface area contributed by atoms with Gasteiger partial charge in [0.05, 0.1) is 12.8 Å². The van der Waals surface area contributed by atoms with Gasteiger partial charge in [0.15, 0.2) is 0 Å². The fourth-order valence-corrected chi connectivity index (χ4v) is 8.75. The molecule has 0 amide bonds. The molecule has 44 heavy (non-hydrogen) atoms. The van der Waals surface area contributed by atoms with Gasteiger partial charge in [-0.3, -0.25) is 4.90 Å². The largest absolute Gasteiger partial charge is 0.494 e. The van der Waals surface area contributed by atoms with Gasteiger partial charge in [-0.25, -0.2) is 4.98 Å². The number of aromatic nitrogens is 2. The van der Waals surface area contributed by atoms with Gasteiger partial charge in [0.1, 0.15) is 17.1 Å². The Morgan fingerprint density at radius 1 is 0.864 bits per heavy atom. The van der Waals surface area contributed by atoms with Crippen molar-refractivity contribution in [2.24, 2.45) is 23.7 Å². The number of nitrogens with one attached hydrogen (secondary N) is 2. The number of nitrogens with zero attached hydrogens (tertiary/aromatic N) is 4. The zero-order valence-electron chi connectivity index (χ0n) is 25.6. The predicted octanol–water partition coefficient (Wildman–Crippen LogP) is 7.55. The first kappa shape index (κ1) is 29.2. The van der Waals surface area contributed by atoms with E-state index in [2.05, 4.69) is 30.4 Å². The molecule has 5 aliphatic rings. The smallest absolute Gasteiger partial charge is 0.421 e. The van der Waals surface area contributed by atoms with Gasteiger partial charge in [0.2, 0.25) is 5.95 Å². The van der Waals surface area contributed by atoms with E-state index in [4.69, 9.17) is 4.74 Å². The van der Waals surface area contributed by atoms with E-state index < -0.39 is 11.7 Å². The zero-order valence-corrected chi connectivity index (χ0v) is 25.6. The molecule has 0 spiro atoms. The highest BCUT2D eigenvalue weighted by molar-refractivity contribution is 5.71. The van der Waals surface area contributed by atoms with E-state index in [1.54, 1.807) is 7.11 Å². The first-order valence-electron chi connectivity index (χ1n) is 15.9. The van der Waals surface area contributed by atoms with Crippen molar-refractivity contribution in [3.63, 3.8) is 0 Å². The van der Waals surface area contributed by atoms with Crippen molar-refractivity contribution in [3.8, 4) is 5.75 Å². The maximum atomic E-state index is 13.9. The molecule has 234 valence electrons. The Hall–Kier alpha value is -3.53. The summed E-state index contributed by atoms with van der Waals surface area (Å²) < 4.78 is 47.4. The molecule has 2 heterocycles. The fraction of sp³-hybridized carbons (Fsp3) is 0.529. The molecule has 10 heteroatoms. The Balaban J connectivity index is 1.06. The number of para-hydroxylation sites is 1. The number of piperazine rings is 1. The number of benzene rings is 2. The third-order valence-electron chi connectivity index (χ3n) is 10.5. The molecule has 4 bridgehead atoms. The van der Waals surface area contributed by atoms with Gasteiger partial charge in [-0.05, 0) is 92.9 Å². The Morgan fingerprint density at radius 2 is 1.52 bits per heavy atom. The summed E-state index contributed by atoms with van der Waals surface area (Å²) in [4.78, 5) is 13.4. The summed E-state index contributed by atoms with van der Waals surface area (Å²) in [6.45, 7) is 7.77. The molecule has 1 aliphatic heterocycles. The normalized spacial score (nSPS) is 26.6. The van der Waals surface area contributed by atoms with Gasteiger partial charge >= 0.3 is 6.18 Å². The molecule has 2 aromatic carbocycles. The second-order valence-electron chi connectivity index (χ2n) is 13.3. The Labute approximate surface area is 257 Å². The van der Waals surface area contributed by atoms with Crippen LogP contribution in [0.5, 0.6) is 5.75 Å². The summed E-state index contributed by atoms with van der Waals surface area (Å²) in [6, 6.07) is 12.2. The molecule has 4 aliphatic carbocycles. The number of hydrogen-bond acceptors (Lipinski definition) is 7. The highest BCUT2D eigenvalue weighted by Gasteiger charge is 2.50. The Kier molecular flexibility index (Phi) is 7.59. The molecule has 0 atom stereocenters. The molecule has 0 unspecified atom stereocenters. The Morgan fingerprint density at radius 3 is 2.14 bits per heavy atom. The SMILES string of the molecule is COc1cc(N2CCN(C3C4CC5CC(C4)CC3C5)CC2)ccc1Nc1ncc(C(F)(F)F)c(Nc2c(C)cccc2C)n1. The molecule has 2 N–H and O–H groups in total. The van der Waals surface area contributed by atoms with Crippen LogP contribution in [0.3, 0.4) is 0 Å². The van der Waals surface area contributed by atoms with Gasteiger partial charge in [0.25, 0.3) is 0 Å². The minimum Gasteiger partial charge on any atom is -0.494 e. The van der Waals surface area contributed by atoms with Crippen molar-refractivity contribution < 1.29 is 17.9 Å². The highest BCUT2D eigenvalue weighted by Crippen LogP contribution is 2.55. The monoisotopic (exact) mass is 606 g/mol. The molecule has 7 nitrogen and oxygen atoms in total. The van der Waals surface area contributed by atoms with E-state index in [1.807, 2.05) is 50.2 Å². The number of ether oxygens (including phenoxy) is 1. The molecule has 0 radical (unpaired) electrons. The number of anilines is 5. The summed E-state index contributed by atoms with van der Waals surface area (Å²) in [5.74, 6) is 4.09. The lowest BCUT2D eigenvalue weighted by atomic mass is 9.54. The van der Waals surface area contributed by atoms with Crippen LogP contribution in [-0.4, -0.2) is 54.2 Å². The van der Waals surface area contributed by atoms with Gasteiger partial charge in [-0.1, -0.05) is 18.2 Å². The maximum absolute atomic E-state index is 13.9. The zero-order chi connectivity index (χ0) is 30.6. The predicted molar refractivity (Wildman–Crippen MR) is 167 cm³/mol. The summed E-state index contributed by atoms with van der Waals surface area (Å²) in [6.07, 6.45) is 3.44. The fourth-order valence-electron chi connectivity index (χ4n) is 8.75. The van der Waals surface area contributed by atoms with E-state index in [0.717, 1.165) is 78.9 Å². The lowest BCUT2D eigenvalue weighted by Gasteiger charge is -2.58.